The number of rotatable bonds is 6. The molecule has 0 spiro atoms. The number of hydrogen-bond donors (Lipinski definition) is 0. The van der Waals surface area contributed by atoms with Crippen molar-refractivity contribution in [2.75, 3.05) is 0 Å². The van der Waals surface area contributed by atoms with Gasteiger partial charge in [-0.1, -0.05) is 0 Å². The van der Waals surface area contributed by atoms with Crippen LogP contribution >= 0.6 is 0 Å². The zero-order valence-corrected chi connectivity index (χ0v) is 18.7. The van der Waals surface area contributed by atoms with Gasteiger partial charge < -0.3 is 0 Å². The normalized spacial score (nSPS) is 12.0. The van der Waals surface area contributed by atoms with Crippen molar-refractivity contribution in [2.45, 2.75) is 57.3 Å². The molecule has 0 amide bonds. The van der Waals surface area contributed by atoms with E-state index in [-0.39, 0.29) is 0 Å². The molecule has 0 aliphatic rings. The summed E-state index contributed by atoms with van der Waals surface area (Å²) in [6.07, 6.45) is 6.21. The van der Waals surface area contributed by atoms with E-state index in [2.05, 4.69) is 86.2 Å². The van der Waals surface area contributed by atoms with E-state index in [1.54, 1.807) is 9.96 Å². The third-order valence-corrected chi connectivity index (χ3v) is 9.59. The van der Waals surface area contributed by atoms with Gasteiger partial charge in [0.2, 0.25) is 0 Å². The van der Waals surface area contributed by atoms with E-state index in [9.17, 15) is 0 Å². The first-order valence-electron chi connectivity index (χ1n) is 9.36. The molecule has 130 valence electrons. The van der Waals surface area contributed by atoms with Gasteiger partial charge in [0.1, 0.15) is 0 Å². The third-order valence-electron chi connectivity index (χ3n) is 5.25. The van der Waals surface area contributed by atoms with Gasteiger partial charge >= 0.3 is 151 Å². The summed E-state index contributed by atoms with van der Waals surface area (Å²) < 4.78 is 4.02. The van der Waals surface area contributed by atoms with Crippen LogP contribution < -0.4 is 8.96 Å². The second-order valence-corrected chi connectivity index (χ2v) is 18.7. The van der Waals surface area contributed by atoms with Crippen molar-refractivity contribution in [1.82, 2.24) is 0 Å². The molecule has 2 heteroatoms. The Hall–Kier alpha value is -1.09. The Kier molecular flexibility index (Phi) is 6.30. The molecule has 1 heterocycles. The molecule has 0 unspecified atom stereocenters. The van der Waals surface area contributed by atoms with Crippen molar-refractivity contribution in [1.29, 1.82) is 0 Å². The molecule has 0 atom stereocenters. The van der Waals surface area contributed by atoms with Crippen LogP contribution in [-0.4, -0.2) is 13.3 Å². The van der Waals surface area contributed by atoms with Crippen LogP contribution in [0.5, 0.6) is 0 Å². The predicted molar refractivity (Wildman–Crippen MR) is 109 cm³/mol. The summed E-state index contributed by atoms with van der Waals surface area (Å²) in [5.74, 6) is 8.34. The predicted octanol–water partition coefficient (Wildman–Crippen LogP) is 5.01. The first kappa shape index (κ1) is 19.2. The fraction of sp³-hybridized carbons (Fsp3) is 0.500. The Morgan fingerprint density at radius 2 is 1.67 bits per heavy atom. The van der Waals surface area contributed by atoms with Crippen molar-refractivity contribution in [3.63, 3.8) is 0 Å². The van der Waals surface area contributed by atoms with Crippen LogP contribution in [0.1, 0.15) is 37.8 Å². The summed E-state index contributed by atoms with van der Waals surface area (Å²) in [7, 11) is 2.21. The van der Waals surface area contributed by atoms with Gasteiger partial charge in [-0.3, -0.25) is 0 Å². The Balaban J connectivity index is 2.61. The molecule has 1 aromatic carbocycles. The SMILES string of the molecule is CCC(CC)Cc1cc(-c2ccccc2C)[n+](C)c[c]1[Ge]([CH3])([CH3])[CH3]. The molecule has 0 aliphatic heterocycles. The fourth-order valence-corrected chi connectivity index (χ4v) is 7.16. The van der Waals surface area contributed by atoms with Crippen molar-refractivity contribution in [2.24, 2.45) is 13.0 Å². The van der Waals surface area contributed by atoms with Gasteiger partial charge in [-0.15, -0.1) is 0 Å². The van der Waals surface area contributed by atoms with Crippen molar-refractivity contribution < 1.29 is 4.57 Å². The Labute approximate surface area is 151 Å². The summed E-state index contributed by atoms with van der Waals surface area (Å²) in [5, 5.41) is 0. The Bertz CT molecular complexity index is 694. The van der Waals surface area contributed by atoms with Gasteiger partial charge in [0, 0.05) is 0 Å². The van der Waals surface area contributed by atoms with E-state index in [4.69, 9.17) is 0 Å². The molecule has 1 nitrogen and oxygen atoms in total. The van der Waals surface area contributed by atoms with E-state index < -0.39 is 13.3 Å². The monoisotopic (exact) mass is 386 g/mol. The Morgan fingerprint density at radius 3 is 2.21 bits per heavy atom. The van der Waals surface area contributed by atoms with Gasteiger partial charge in [0.05, 0.1) is 0 Å². The van der Waals surface area contributed by atoms with E-state index in [1.165, 1.54) is 36.1 Å². The average Bonchev–Trinajstić information content (AvgIpc) is 2.53. The van der Waals surface area contributed by atoms with Gasteiger partial charge in [-0.05, 0) is 0 Å². The van der Waals surface area contributed by atoms with Gasteiger partial charge in [-0.25, -0.2) is 0 Å². The van der Waals surface area contributed by atoms with Crippen LogP contribution in [0.3, 0.4) is 0 Å². The van der Waals surface area contributed by atoms with Gasteiger partial charge in [0.15, 0.2) is 0 Å². The molecule has 24 heavy (non-hydrogen) atoms. The molecule has 0 aliphatic carbocycles. The van der Waals surface area contributed by atoms with Crippen LogP contribution in [0.25, 0.3) is 11.3 Å². The molecule has 0 bridgehead atoms. The maximum atomic E-state index is 2.51. The summed E-state index contributed by atoms with van der Waals surface area (Å²) in [6.45, 7) is 6.88. The van der Waals surface area contributed by atoms with Crippen molar-refractivity contribution >= 4 is 17.7 Å². The minimum absolute atomic E-state index is 0.797. The first-order valence-corrected chi connectivity index (χ1v) is 16.7. The fourth-order valence-electron chi connectivity index (χ4n) is 3.55. The molecule has 1 aromatic heterocycles. The molecule has 0 N–H and O–H groups in total. The van der Waals surface area contributed by atoms with Gasteiger partial charge in [-0.2, -0.15) is 0 Å². The molecule has 0 saturated heterocycles. The standard InChI is InChI=1S/C22H34GeN/c1-8-18(9-2)14-19-15-22(20-13-11-10-12-17(20)3)24(7)16-21(19)23(4,5)6/h10-13,15-16,18H,8-9,14H2,1-7H3/q+1. The number of aromatic nitrogens is 1. The van der Waals surface area contributed by atoms with E-state index in [0.29, 0.717) is 0 Å². The minimum atomic E-state index is -1.90. The Morgan fingerprint density at radius 1 is 1.04 bits per heavy atom. The number of benzene rings is 1. The molecule has 0 saturated carbocycles. The second-order valence-electron chi connectivity index (χ2n) is 8.16. The molecular weight excluding hydrogens is 351 g/mol. The zero-order valence-electron chi connectivity index (χ0n) is 16.6. The third kappa shape index (κ3) is 4.30. The van der Waals surface area contributed by atoms with E-state index >= 15 is 0 Å². The maximum absolute atomic E-state index is 2.51. The van der Waals surface area contributed by atoms with E-state index in [0.717, 1.165) is 5.92 Å². The summed E-state index contributed by atoms with van der Waals surface area (Å²) in [5.41, 5.74) is 5.67. The van der Waals surface area contributed by atoms with Crippen LogP contribution in [0.2, 0.25) is 17.3 Å². The van der Waals surface area contributed by atoms with Crippen LogP contribution in [-0.2, 0) is 13.5 Å². The van der Waals surface area contributed by atoms with Crippen LogP contribution in [0.4, 0.5) is 0 Å². The summed E-state index contributed by atoms with van der Waals surface area (Å²) in [4.78, 5) is 0. The molecule has 0 fully saturated rings. The number of aryl methyl sites for hydroxylation is 2. The number of nitrogens with zero attached hydrogens (tertiary/aromatic N) is 1. The van der Waals surface area contributed by atoms with Crippen molar-refractivity contribution in [3.05, 3.63) is 47.7 Å². The second kappa shape index (κ2) is 7.86. The molecule has 2 aromatic rings. The quantitative estimate of drug-likeness (QED) is 0.486. The topological polar surface area (TPSA) is 3.88 Å². The summed E-state index contributed by atoms with van der Waals surface area (Å²) in [6, 6.07) is 11.2. The zero-order chi connectivity index (χ0) is 17.9. The molecule has 2 rings (SSSR count). The number of pyridine rings is 1. The molecule has 0 radical (unpaired) electrons. The average molecular weight is 385 g/mol. The number of hydrogen-bond acceptors (Lipinski definition) is 0. The molecular formula is C22H34GeN+. The van der Waals surface area contributed by atoms with Crippen LogP contribution in [0.15, 0.2) is 36.5 Å². The first-order chi connectivity index (χ1) is 11.3. The summed E-state index contributed by atoms with van der Waals surface area (Å²) >= 11 is -1.90. The van der Waals surface area contributed by atoms with E-state index in [1.807, 2.05) is 0 Å². The van der Waals surface area contributed by atoms with Crippen LogP contribution in [0, 0.1) is 12.8 Å². The van der Waals surface area contributed by atoms with Crippen molar-refractivity contribution in [3.8, 4) is 11.3 Å². The van der Waals surface area contributed by atoms with Gasteiger partial charge in [0.25, 0.3) is 0 Å².